The Morgan fingerprint density at radius 1 is 1.00 bits per heavy atom. The molecule has 1 saturated heterocycles. The summed E-state index contributed by atoms with van der Waals surface area (Å²) >= 11 is 0. The number of aromatic nitrogens is 1. The van der Waals surface area contributed by atoms with Crippen LogP contribution in [0.5, 0.6) is 0 Å². The van der Waals surface area contributed by atoms with E-state index >= 15 is 0 Å². The van der Waals surface area contributed by atoms with Crippen molar-refractivity contribution >= 4 is 28.7 Å². The molecule has 232 valence electrons. The third-order valence-electron chi connectivity index (χ3n) is 9.57. The third kappa shape index (κ3) is 6.98. The van der Waals surface area contributed by atoms with E-state index in [1.54, 1.807) is 0 Å². The van der Waals surface area contributed by atoms with Gasteiger partial charge < -0.3 is 35.2 Å². The van der Waals surface area contributed by atoms with Gasteiger partial charge in [0.25, 0.3) is 0 Å². The van der Waals surface area contributed by atoms with Crippen LogP contribution in [0.3, 0.4) is 0 Å². The Bertz CT molecular complexity index is 1230. The number of hydrogen-bond acceptors (Lipinski definition) is 6. The normalized spacial score (nSPS) is 25.1. The van der Waals surface area contributed by atoms with Crippen LogP contribution in [0.4, 0.5) is 0 Å². The van der Waals surface area contributed by atoms with Crippen molar-refractivity contribution < 1.29 is 34.8 Å². The Hall–Kier alpha value is -2.95. The van der Waals surface area contributed by atoms with Crippen LogP contribution >= 0.6 is 0 Å². The van der Waals surface area contributed by atoms with Gasteiger partial charge in [-0.05, 0) is 63.3 Å². The summed E-state index contributed by atoms with van der Waals surface area (Å²) in [6, 6.07) is 8.28. The topological polar surface area (TPSA) is 152 Å². The lowest BCUT2D eigenvalue weighted by Gasteiger charge is -2.45. The maximum atomic E-state index is 13.4. The molecule has 1 saturated carbocycles. The number of benzene rings is 1. The molecule has 5 rings (SSSR count). The van der Waals surface area contributed by atoms with Crippen molar-refractivity contribution in [2.24, 2.45) is 5.92 Å². The van der Waals surface area contributed by atoms with Crippen LogP contribution in [-0.2, 0) is 20.8 Å². The zero-order valence-electron chi connectivity index (χ0n) is 25.0. The molecule has 2 aromatic rings. The van der Waals surface area contributed by atoms with E-state index in [4.69, 9.17) is 20.4 Å². The number of hydrogen-bond donors (Lipinski definition) is 5. The molecule has 5 N–H and O–H groups in total. The van der Waals surface area contributed by atoms with E-state index in [0.29, 0.717) is 30.0 Å². The van der Waals surface area contributed by atoms with Crippen molar-refractivity contribution in [2.75, 3.05) is 13.6 Å². The number of piperidine rings is 1. The van der Waals surface area contributed by atoms with E-state index in [1.807, 2.05) is 0 Å². The molecule has 0 spiro atoms. The average molecular weight is 586 g/mol. The maximum Gasteiger partial charge on any atom is 0.335 e. The first-order chi connectivity index (χ1) is 20.0. The first-order valence-electron chi connectivity index (χ1n) is 15.5. The number of nitrogens with zero attached hydrogens (tertiary/aromatic N) is 2. The SMILES string of the molecule is CCC(C)n1cc2c3c(cccc31)C1C[C@@H](C(=O)NC3CCCCCCC3)CN(C)[C@@H]1C2.O=C(O)C(O)C(O)C(=O)O. The fraction of sp³-hybridized carbons (Fsp3) is 0.656. The fourth-order valence-electron chi connectivity index (χ4n) is 7.02. The molecule has 3 aliphatic rings. The molecular weight excluding hydrogens is 538 g/mol. The van der Waals surface area contributed by atoms with Crippen molar-refractivity contribution in [3.8, 4) is 0 Å². The Morgan fingerprint density at radius 2 is 1.62 bits per heavy atom. The zero-order chi connectivity index (χ0) is 30.6. The Balaban J connectivity index is 0.000000349. The highest BCUT2D eigenvalue weighted by molar-refractivity contribution is 5.89. The van der Waals surface area contributed by atoms with Gasteiger partial charge in [0, 0.05) is 47.7 Å². The van der Waals surface area contributed by atoms with E-state index in [9.17, 15) is 14.4 Å². The second kappa shape index (κ2) is 14.0. The van der Waals surface area contributed by atoms with E-state index in [0.717, 1.165) is 38.6 Å². The van der Waals surface area contributed by atoms with Crippen LogP contribution in [0.2, 0.25) is 0 Å². The van der Waals surface area contributed by atoms with Gasteiger partial charge in [-0.3, -0.25) is 4.79 Å². The second-order valence-corrected chi connectivity index (χ2v) is 12.4. The van der Waals surface area contributed by atoms with E-state index < -0.39 is 24.1 Å². The van der Waals surface area contributed by atoms with Crippen LogP contribution in [0.15, 0.2) is 24.4 Å². The van der Waals surface area contributed by atoms with Gasteiger partial charge in [0.05, 0.1) is 5.92 Å². The third-order valence-corrected chi connectivity index (χ3v) is 9.57. The standard InChI is InChI=1S/C28H41N3O.C4H6O6/c1-4-19(2)31-18-20-16-26-24(23-13-10-14-25(31)27(20)23)15-21(17-30(26)3)28(32)29-22-11-8-6-5-7-9-12-22;5-1(3(7)8)2(6)4(9)10/h10,13-14,18-19,21-22,24,26H,4-9,11-12,15-17H2,1-3H3,(H,29,32);1-2,5-6H,(H,7,8)(H,9,10)/t19?,21-,24?,26-;/m1./s1. The Kier molecular flexibility index (Phi) is 10.7. The Labute approximate surface area is 247 Å². The first kappa shape index (κ1) is 32.0. The molecule has 4 unspecified atom stereocenters. The summed E-state index contributed by atoms with van der Waals surface area (Å²) in [5.41, 5.74) is 4.36. The molecule has 10 heteroatoms. The molecule has 2 heterocycles. The van der Waals surface area contributed by atoms with Crippen LogP contribution in [-0.4, -0.2) is 85.6 Å². The lowest BCUT2D eigenvalue weighted by Crippen LogP contribution is -2.52. The fourth-order valence-corrected chi connectivity index (χ4v) is 7.02. The van der Waals surface area contributed by atoms with Crippen molar-refractivity contribution in [1.82, 2.24) is 14.8 Å². The molecule has 1 aliphatic heterocycles. The highest BCUT2D eigenvalue weighted by Crippen LogP contribution is 2.45. The van der Waals surface area contributed by atoms with Crippen LogP contribution in [0.25, 0.3) is 10.9 Å². The lowest BCUT2D eigenvalue weighted by atomic mass is 9.72. The van der Waals surface area contributed by atoms with Gasteiger partial charge in [-0.15, -0.1) is 0 Å². The molecule has 2 fully saturated rings. The highest BCUT2D eigenvalue weighted by atomic mass is 16.4. The number of carbonyl (C=O) groups excluding carboxylic acids is 1. The van der Waals surface area contributed by atoms with Gasteiger partial charge in [0.1, 0.15) is 0 Å². The summed E-state index contributed by atoms with van der Waals surface area (Å²) in [4.78, 5) is 35.4. The lowest BCUT2D eigenvalue weighted by molar-refractivity contribution is -0.165. The first-order valence-corrected chi connectivity index (χ1v) is 15.5. The smallest absolute Gasteiger partial charge is 0.335 e. The van der Waals surface area contributed by atoms with Gasteiger partial charge in [-0.2, -0.15) is 0 Å². The second-order valence-electron chi connectivity index (χ2n) is 12.4. The number of rotatable bonds is 7. The molecular formula is C32H47N3O7. The van der Waals surface area contributed by atoms with Gasteiger partial charge in [0.15, 0.2) is 12.2 Å². The largest absolute Gasteiger partial charge is 0.479 e. The summed E-state index contributed by atoms with van der Waals surface area (Å²) in [6.07, 6.45) is 9.97. The minimum absolute atomic E-state index is 0.0974. The number of aliphatic hydroxyl groups is 2. The summed E-state index contributed by atoms with van der Waals surface area (Å²) in [6.45, 7) is 5.48. The molecule has 1 aromatic heterocycles. The Morgan fingerprint density at radius 3 is 2.21 bits per heavy atom. The van der Waals surface area contributed by atoms with Gasteiger partial charge in [-0.25, -0.2) is 9.59 Å². The number of aliphatic hydroxyl groups excluding tert-OH is 2. The predicted octanol–water partition coefficient (Wildman–Crippen LogP) is 3.68. The summed E-state index contributed by atoms with van der Waals surface area (Å²) < 4.78 is 2.49. The minimum Gasteiger partial charge on any atom is -0.479 e. The molecule has 6 atom stereocenters. The van der Waals surface area contributed by atoms with Crippen molar-refractivity contribution in [1.29, 1.82) is 0 Å². The maximum absolute atomic E-state index is 13.4. The van der Waals surface area contributed by atoms with E-state index in [-0.39, 0.29) is 5.92 Å². The summed E-state index contributed by atoms with van der Waals surface area (Å²) in [7, 11) is 2.24. The number of amides is 1. The van der Waals surface area contributed by atoms with Crippen LogP contribution < -0.4 is 5.32 Å². The molecule has 1 aromatic carbocycles. The molecule has 2 aliphatic carbocycles. The molecule has 10 nitrogen and oxygen atoms in total. The summed E-state index contributed by atoms with van der Waals surface area (Å²) in [5, 5.41) is 37.5. The van der Waals surface area contributed by atoms with Crippen LogP contribution in [0, 0.1) is 5.92 Å². The highest BCUT2D eigenvalue weighted by Gasteiger charge is 2.42. The van der Waals surface area contributed by atoms with Crippen molar-refractivity contribution in [3.05, 3.63) is 35.5 Å². The van der Waals surface area contributed by atoms with Gasteiger partial charge in [-0.1, -0.05) is 51.2 Å². The quantitative estimate of drug-likeness (QED) is 0.330. The number of carbonyl (C=O) groups is 3. The molecule has 0 bridgehead atoms. The van der Waals surface area contributed by atoms with E-state index in [1.165, 1.54) is 54.1 Å². The number of likely N-dealkylation sites (tertiary alicyclic amines) is 1. The van der Waals surface area contributed by atoms with Crippen LogP contribution in [0.1, 0.15) is 94.7 Å². The van der Waals surface area contributed by atoms with Crippen molar-refractivity contribution in [3.63, 3.8) is 0 Å². The monoisotopic (exact) mass is 585 g/mol. The molecule has 1 amide bonds. The number of carboxylic acid groups (broad SMARTS) is 2. The number of carboxylic acids is 2. The number of likely N-dealkylation sites (N-methyl/N-ethyl adjacent to an activating group) is 1. The zero-order valence-corrected chi connectivity index (χ0v) is 25.0. The average Bonchev–Trinajstić information content (AvgIpc) is 3.33. The summed E-state index contributed by atoms with van der Waals surface area (Å²) in [5.74, 6) is -2.69. The number of nitrogens with one attached hydrogen (secondary N) is 1. The molecule has 42 heavy (non-hydrogen) atoms. The van der Waals surface area contributed by atoms with E-state index in [2.05, 4.69) is 60.1 Å². The predicted molar refractivity (Wildman–Crippen MR) is 159 cm³/mol. The van der Waals surface area contributed by atoms with Crippen molar-refractivity contribution in [2.45, 2.75) is 114 Å². The van der Waals surface area contributed by atoms with Gasteiger partial charge in [0.2, 0.25) is 5.91 Å². The minimum atomic E-state index is -2.27. The molecule has 0 radical (unpaired) electrons. The number of fused-ring (bicyclic) bond motifs is 2. The number of aliphatic carboxylic acids is 2. The van der Waals surface area contributed by atoms with Gasteiger partial charge >= 0.3 is 11.9 Å².